The van der Waals surface area contributed by atoms with Crippen LogP contribution in [0.1, 0.15) is 11.3 Å². The number of nitrogens with zero attached hydrogens (tertiary/aromatic N) is 2. The number of rotatable bonds is 3. The standard InChI is InChI=1S/C13H9BrN2O2/c14-12-6-11(13(17)10(7-15)16-12)18-8-9-4-2-1-3-5-9/h1-6,17H,8H2. The van der Waals surface area contributed by atoms with Crippen molar-refractivity contribution in [1.82, 2.24) is 4.98 Å². The highest BCUT2D eigenvalue weighted by Gasteiger charge is 2.11. The van der Waals surface area contributed by atoms with E-state index in [1.54, 1.807) is 6.07 Å². The first-order chi connectivity index (χ1) is 8.70. The van der Waals surface area contributed by atoms with E-state index in [-0.39, 0.29) is 17.2 Å². The SMILES string of the molecule is N#Cc1nc(Br)cc(OCc2ccccc2)c1O. The lowest BCUT2D eigenvalue weighted by molar-refractivity contribution is 0.287. The average molecular weight is 305 g/mol. The fourth-order valence-electron chi connectivity index (χ4n) is 1.41. The highest BCUT2D eigenvalue weighted by atomic mass is 79.9. The van der Waals surface area contributed by atoms with E-state index in [1.165, 1.54) is 6.07 Å². The molecule has 0 aliphatic heterocycles. The molecule has 1 heterocycles. The zero-order valence-corrected chi connectivity index (χ0v) is 10.9. The Morgan fingerprint density at radius 3 is 2.72 bits per heavy atom. The van der Waals surface area contributed by atoms with Crippen molar-refractivity contribution in [3.05, 3.63) is 52.3 Å². The molecule has 0 fully saturated rings. The van der Waals surface area contributed by atoms with E-state index in [4.69, 9.17) is 10.00 Å². The summed E-state index contributed by atoms with van der Waals surface area (Å²) in [5.41, 5.74) is 0.913. The Hall–Kier alpha value is -2.06. The zero-order valence-electron chi connectivity index (χ0n) is 9.30. The van der Waals surface area contributed by atoms with Crippen molar-refractivity contribution in [2.75, 3.05) is 0 Å². The summed E-state index contributed by atoms with van der Waals surface area (Å²) in [6.07, 6.45) is 0. The molecule has 2 aromatic rings. The van der Waals surface area contributed by atoms with Gasteiger partial charge in [0.05, 0.1) is 0 Å². The third-order valence-electron chi connectivity index (χ3n) is 2.27. The van der Waals surface area contributed by atoms with Crippen molar-refractivity contribution in [3.8, 4) is 17.6 Å². The predicted octanol–water partition coefficient (Wildman–Crippen LogP) is 3.00. The van der Waals surface area contributed by atoms with Gasteiger partial charge in [-0.25, -0.2) is 4.98 Å². The lowest BCUT2D eigenvalue weighted by Crippen LogP contribution is -1.97. The molecule has 0 bridgehead atoms. The fourth-order valence-corrected chi connectivity index (χ4v) is 1.79. The van der Waals surface area contributed by atoms with Crippen LogP contribution in [0.3, 0.4) is 0 Å². The van der Waals surface area contributed by atoms with Gasteiger partial charge in [-0.2, -0.15) is 5.26 Å². The summed E-state index contributed by atoms with van der Waals surface area (Å²) in [6.45, 7) is 0.315. The largest absolute Gasteiger partial charge is 0.502 e. The van der Waals surface area contributed by atoms with E-state index in [9.17, 15) is 5.11 Å². The summed E-state index contributed by atoms with van der Waals surface area (Å²) < 4.78 is 5.92. The van der Waals surface area contributed by atoms with Gasteiger partial charge in [-0.05, 0) is 21.5 Å². The Bertz CT molecular complexity index is 594. The minimum atomic E-state index is -0.239. The van der Waals surface area contributed by atoms with Gasteiger partial charge >= 0.3 is 0 Å². The molecule has 1 N–H and O–H groups in total. The van der Waals surface area contributed by atoms with Gasteiger partial charge in [-0.15, -0.1) is 0 Å². The van der Waals surface area contributed by atoms with Gasteiger partial charge in [0.25, 0.3) is 0 Å². The Kier molecular flexibility index (Phi) is 3.80. The van der Waals surface area contributed by atoms with Crippen LogP contribution in [0.5, 0.6) is 11.5 Å². The van der Waals surface area contributed by atoms with Crippen molar-refractivity contribution >= 4 is 15.9 Å². The number of aromatic hydroxyl groups is 1. The van der Waals surface area contributed by atoms with E-state index in [2.05, 4.69) is 20.9 Å². The smallest absolute Gasteiger partial charge is 0.195 e. The van der Waals surface area contributed by atoms with Crippen molar-refractivity contribution in [2.45, 2.75) is 6.61 Å². The first kappa shape index (κ1) is 12.4. The monoisotopic (exact) mass is 304 g/mol. The molecule has 1 aromatic heterocycles. The molecular weight excluding hydrogens is 296 g/mol. The van der Waals surface area contributed by atoms with Crippen LogP contribution in [0.2, 0.25) is 0 Å². The summed E-state index contributed by atoms with van der Waals surface area (Å²) in [4.78, 5) is 3.83. The number of nitriles is 1. The van der Waals surface area contributed by atoms with Crippen molar-refractivity contribution in [2.24, 2.45) is 0 Å². The Morgan fingerprint density at radius 2 is 2.06 bits per heavy atom. The Labute approximate surface area is 113 Å². The molecule has 0 amide bonds. The van der Waals surface area contributed by atoms with Crippen LogP contribution in [0.25, 0.3) is 0 Å². The molecule has 1 aromatic carbocycles. The maximum Gasteiger partial charge on any atom is 0.195 e. The van der Waals surface area contributed by atoms with Crippen LogP contribution in [-0.4, -0.2) is 10.1 Å². The number of hydrogen-bond acceptors (Lipinski definition) is 4. The van der Waals surface area contributed by atoms with Gasteiger partial charge in [0.15, 0.2) is 17.2 Å². The second kappa shape index (κ2) is 5.52. The quantitative estimate of drug-likeness (QED) is 0.885. The summed E-state index contributed by atoms with van der Waals surface area (Å²) in [7, 11) is 0. The van der Waals surface area contributed by atoms with Crippen molar-refractivity contribution < 1.29 is 9.84 Å². The van der Waals surface area contributed by atoms with Gasteiger partial charge in [0.1, 0.15) is 17.3 Å². The molecule has 0 saturated carbocycles. The van der Waals surface area contributed by atoms with E-state index in [1.807, 2.05) is 30.3 Å². The lowest BCUT2D eigenvalue weighted by atomic mass is 10.2. The zero-order chi connectivity index (χ0) is 13.0. The van der Waals surface area contributed by atoms with Crippen LogP contribution in [-0.2, 0) is 6.61 Å². The number of benzene rings is 1. The Balaban J connectivity index is 2.20. The van der Waals surface area contributed by atoms with Crippen LogP contribution in [0, 0.1) is 11.3 Å². The predicted molar refractivity (Wildman–Crippen MR) is 69.1 cm³/mol. The number of pyridine rings is 1. The van der Waals surface area contributed by atoms with Crippen LogP contribution in [0.15, 0.2) is 41.0 Å². The molecule has 0 atom stereocenters. The van der Waals surface area contributed by atoms with Crippen molar-refractivity contribution in [3.63, 3.8) is 0 Å². The number of ether oxygens (including phenoxy) is 1. The molecule has 0 aliphatic carbocycles. The lowest BCUT2D eigenvalue weighted by Gasteiger charge is -2.09. The molecule has 0 unspecified atom stereocenters. The molecular formula is C13H9BrN2O2. The summed E-state index contributed by atoms with van der Waals surface area (Å²) in [5, 5.41) is 18.6. The van der Waals surface area contributed by atoms with E-state index in [0.29, 0.717) is 11.2 Å². The third-order valence-corrected chi connectivity index (χ3v) is 2.68. The first-order valence-corrected chi connectivity index (χ1v) is 5.96. The molecule has 5 heteroatoms. The van der Waals surface area contributed by atoms with Gasteiger partial charge in [-0.3, -0.25) is 0 Å². The third kappa shape index (κ3) is 2.79. The normalized spacial score (nSPS) is 9.78. The molecule has 0 spiro atoms. The molecule has 0 saturated heterocycles. The van der Waals surface area contributed by atoms with Gasteiger partial charge < -0.3 is 9.84 Å². The minimum absolute atomic E-state index is 0.0626. The highest BCUT2D eigenvalue weighted by molar-refractivity contribution is 9.10. The van der Waals surface area contributed by atoms with E-state index in [0.717, 1.165) is 5.56 Å². The fraction of sp³-hybridized carbons (Fsp3) is 0.0769. The topological polar surface area (TPSA) is 66.1 Å². The van der Waals surface area contributed by atoms with Gasteiger partial charge in [0.2, 0.25) is 0 Å². The molecule has 0 aliphatic rings. The van der Waals surface area contributed by atoms with E-state index < -0.39 is 0 Å². The molecule has 18 heavy (non-hydrogen) atoms. The van der Waals surface area contributed by atoms with Crippen LogP contribution < -0.4 is 4.74 Å². The minimum Gasteiger partial charge on any atom is -0.502 e. The first-order valence-electron chi connectivity index (χ1n) is 5.17. The van der Waals surface area contributed by atoms with Gasteiger partial charge in [0, 0.05) is 6.07 Å². The maximum atomic E-state index is 9.76. The van der Waals surface area contributed by atoms with Crippen LogP contribution in [0.4, 0.5) is 0 Å². The van der Waals surface area contributed by atoms with Gasteiger partial charge in [-0.1, -0.05) is 30.3 Å². The number of aromatic nitrogens is 1. The summed E-state index contributed by atoms with van der Waals surface area (Å²) >= 11 is 3.16. The molecule has 0 radical (unpaired) electrons. The second-order valence-electron chi connectivity index (χ2n) is 3.53. The second-order valence-corrected chi connectivity index (χ2v) is 4.34. The molecule has 4 nitrogen and oxygen atoms in total. The number of hydrogen-bond donors (Lipinski definition) is 1. The molecule has 2 rings (SSSR count). The van der Waals surface area contributed by atoms with Crippen molar-refractivity contribution in [1.29, 1.82) is 5.26 Å². The molecule has 90 valence electrons. The van der Waals surface area contributed by atoms with E-state index >= 15 is 0 Å². The maximum absolute atomic E-state index is 9.76. The number of halogens is 1. The summed E-state index contributed by atoms with van der Waals surface area (Å²) in [5.74, 6) is -0.00564. The van der Waals surface area contributed by atoms with Crippen LogP contribution >= 0.6 is 15.9 Å². The Morgan fingerprint density at radius 1 is 1.33 bits per heavy atom. The summed E-state index contributed by atoms with van der Waals surface area (Å²) in [6, 6.07) is 12.9. The average Bonchev–Trinajstić information content (AvgIpc) is 2.40. The highest BCUT2D eigenvalue weighted by Crippen LogP contribution is 2.31.